The molecule has 0 unspecified atom stereocenters. The van der Waals surface area contributed by atoms with Gasteiger partial charge in [-0.25, -0.2) is 4.98 Å². The Hall–Kier alpha value is -3.07. The number of carbonyl (C=O) groups is 1. The molecule has 37 heavy (non-hydrogen) atoms. The Bertz CT molecular complexity index is 1430. The number of nitrogens with one attached hydrogen (secondary N) is 1. The molecule has 0 aliphatic carbocycles. The van der Waals surface area contributed by atoms with Crippen LogP contribution in [0.1, 0.15) is 36.4 Å². The number of fused-ring (bicyclic) bond motifs is 1. The maximum Gasteiger partial charge on any atom is 0.185 e. The Kier molecular flexibility index (Phi) is 6.80. The largest absolute Gasteiger partial charge is 0.389 e. The van der Waals surface area contributed by atoms with E-state index in [9.17, 15) is 4.79 Å². The van der Waals surface area contributed by atoms with E-state index in [0.29, 0.717) is 23.2 Å². The second kappa shape index (κ2) is 10.4. The first-order valence-electron chi connectivity index (χ1n) is 13.0. The maximum absolute atomic E-state index is 12.5. The number of benzene rings is 2. The predicted molar refractivity (Wildman–Crippen MR) is 156 cm³/mol. The summed E-state index contributed by atoms with van der Waals surface area (Å²) in [4.78, 5) is 19.8. The lowest BCUT2D eigenvalue weighted by molar-refractivity contribution is -0.124. The number of Topliss-reactive ketones (excluding diaryl/α,β-unsaturated/α-hetero) is 1. The van der Waals surface area contributed by atoms with E-state index >= 15 is 0 Å². The van der Waals surface area contributed by atoms with Gasteiger partial charge in [-0.3, -0.25) is 4.79 Å². The number of carbonyl (C=O) groups excluding carboxylic acids is 1. The summed E-state index contributed by atoms with van der Waals surface area (Å²) in [6.45, 7) is 3.64. The van der Waals surface area contributed by atoms with Crippen molar-refractivity contribution in [3.05, 3.63) is 71.4 Å². The topological polar surface area (TPSA) is 76.2 Å². The van der Waals surface area contributed by atoms with Gasteiger partial charge in [-0.2, -0.15) is 0 Å². The summed E-state index contributed by atoms with van der Waals surface area (Å²) in [5.41, 5.74) is 11.6. The van der Waals surface area contributed by atoms with Gasteiger partial charge in [-0.1, -0.05) is 42.5 Å². The molecule has 3 N–H and O–H groups in total. The standard InChI is InChI=1S/C29H31N5OS2/c30-28(36)21-3-1-2-20(15-21)25-18-34(23-8-11-33(12-9-23)29-32-10-13-37-29)26-14-19(4-6-24(25)26)5-7-27(35)22-16-31-17-22/h1-4,6,10,13-15,18,22-23,31H,5,7-9,11-12,16-17H2,(H2,30,36). The molecule has 2 aromatic heterocycles. The molecule has 2 aliphatic rings. The molecular weight excluding hydrogens is 498 g/mol. The molecular formula is C29H31N5OS2. The van der Waals surface area contributed by atoms with Gasteiger partial charge in [0.05, 0.1) is 0 Å². The molecule has 0 amide bonds. The number of hydrogen-bond acceptors (Lipinski definition) is 6. The molecule has 6 rings (SSSR count). The van der Waals surface area contributed by atoms with Gasteiger partial charge >= 0.3 is 0 Å². The van der Waals surface area contributed by atoms with Crippen molar-refractivity contribution in [3.8, 4) is 11.1 Å². The summed E-state index contributed by atoms with van der Waals surface area (Å²) >= 11 is 6.96. The van der Waals surface area contributed by atoms with Crippen molar-refractivity contribution in [2.24, 2.45) is 11.7 Å². The number of rotatable bonds is 8. The third-order valence-corrected chi connectivity index (χ3v) is 8.87. The highest BCUT2D eigenvalue weighted by molar-refractivity contribution is 7.80. The number of thiocarbonyl (C=S) groups is 1. The van der Waals surface area contributed by atoms with Gasteiger partial charge in [0.1, 0.15) is 10.8 Å². The number of nitrogens with two attached hydrogens (primary N) is 1. The van der Waals surface area contributed by atoms with Crippen LogP contribution in [0, 0.1) is 5.92 Å². The smallest absolute Gasteiger partial charge is 0.185 e. The van der Waals surface area contributed by atoms with E-state index in [1.165, 1.54) is 22.0 Å². The number of ketones is 1. The minimum atomic E-state index is 0.197. The third kappa shape index (κ3) is 4.93. The number of piperidine rings is 1. The number of aryl methyl sites for hydroxylation is 1. The summed E-state index contributed by atoms with van der Waals surface area (Å²) in [5, 5.41) is 7.58. The van der Waals surface area contributed by atoms with Crippen molar-refractivity contribution < 1.29 is 4.79 Å². The van der Waals surface area contributed by atoms with Gasteiger partial charge in [-0.15, -0.1) is 11.3 Å². The molecule has 2 aromatic carbocycles. The minimum absolute atomic E-state index is 0.197. The Morgan fingerprint density at radius 1 is 1.16 bits per heavy atom. The van der Waals surface area contributed by atoms with E-state index in [0.717, 1.165) is 61.7 Å². The molecule has 4 heterocycles. The highest BCUT2D eigenvalue weighted by Crippen LogP contribution is 2.37. The number of thiazole rings is 1. The number of nitrogens with zero attached hydrogens (tertiary/aromatic N) is 3. The van der Waals surface area contributed by atoms with Gasteiger partial charge in [0, 0.05) is 84.4 Å². The lowest BCUT2D eigenvalue weighted by Crippen LogP contribution is -2.46. The van der Waals surface area contributed by atoms with Crippen LogP contribution in [0.5, 0.6) is 0 Å². The fraction of sp³-hybridized carbons (Fsp3) is 0.345. The lowest BCUT2D eigenvalue weighted by atomic mass is 9.93. The molecule has 2 fully saturated rings. The van der Waals surface area contributed by atoms with Gasteiger partial charge in [0.2, 0.25) is 0 Å². The van der Waals surface area contributed by atoms with Crippen molar-refractivity contribution in [1.29, 1.82) is 0 Å². The molecule has 6 nitrogen and oxygen atoms in total. The van der Waals surface area contributed by atoms with E-state index in [1.807, 2.05) is 23.7 Å². The average molecular weight is 530 g/mol. The van der Waals surface area contributed by atoms with Crippen LogP contribution in [0.15, 0.2) is 60.2 Å². The molecule has 0 radical (unpaired) electrons. The Balaban J connectivity index is 1.33. The fourth-order valence-electron chi connectivity index (χ4n) is 5.52. The zero-order chi connectivity index (χ0) is 25.4. The van der Waals surface area contributed by atoms with Crippen molar-refractivity contribution >= 4 is 50.4 Å². The van der Waals surface area contributed by atoms with E-state index in [4.69, 9.17) is 18.0 Å². The zero-order valence-corrected chi connectivity index (χ0v) is 22.4. The summed E-state index contributed by atoms with van der Waals surface area (Å²) in [5.74, 6) is 0.571. The first kappa shape index (κ1) is 24.3. The van der Waals surface area contributed by atoms with Crippen molar-refractivity contribution in [3.63, 3.8) is 0 Å². The summed E-state index contributed by atoms with van der Waals surface area (Å²) in [6.07, 6.45) is 7.70. The fourth-order valence-corrected chi connectivity index (χ4v) is 6.34. The molecule has 2 saturated heterocycles. The minimum Gasteiger partial charge on any atom is -0.389 e. The lowest BCUT2D eigenvalue weighted by Gasteiger charge is -2.33. The van der Waals surface area contributed by atoms with Crippen LogP contribution in [0.25, 0.3) is 22.0 Å². The van der Waals surface area contributed by atoms with Crippen LogP contribution in [-0.2, 0) is 11.2 Å². The molecule has 8 heteroatoms. The molecule has 0 spiro atoms. The second-order valence-corrected chi connectivity index (χ2v) is 11.4. The van der Waals surface area contributed by atoms with Gasteiger partial charge in [0.15, 0.2) is 5.13 Å². The summed E-state index contributed by atoms with van der Waals surface area (Å²) in [7, 11) is 0. The molecule has 190 valence electrons. The predicted octanol–water partition coefficient (Wildman–Crippen LogP) is 4.96. The molecule has 0 bridgehead atoms. The van der Waals surface area contributed by atoms with Gasteiger partial charge in [-0.05, 0) is 42.5 Å². The Morgan fingerprint density at radius 2 is 2.00 bits per heavy atom. The van der Waals surface area contributed by atoms with Crippen LogP contribution >= 0.6 is 23.6 Å². The van der Waals surface area contributed by atoms with Crippen LogP contribution in [0.4, 0.5) is 5.13 Å². The highest BCUT2D eigenvalue weighted by atomic mass is 32.1. The van der Waals surface area contributed by atoms with E-state index in [1.54, 1.807) is 11.3 Å². The maximum atomic E-state index is 12.5. The van der Waals surface area contributed by atoms with Crippen molar-refractivity contribution in [2.75, 3.05) is 31.1 Å². The van der Waals surface area contributed by atoms with E-state index in [2.05, 4.69) is 56.3 Å². The zero-order valence-electron chi connectivity index (χ0n) is 20.7. The van der Waals surface area contributed by atoms with E-state index in [-0.39, 0.29) is 5.92 Å². The van der Waals surface area contributed by atoms with Gasteiger partial charge in [0.25, 0.3) is 0 Å². The first-order chi connectivity index (χ1) is 18.1. The second-order valence-electron chi connectivity index (χ2n) is 10.1. The van der Waals surface area contributed by atoms with Crippen LogP contribution in [0.2, 0.25) is 0 Å². The molecule has 0 atom stereocenters. The average Bonchev–Trinajstić information content (AvgIpc) is 3.55. The molecule has 2 aliphatic heterocycles. The molecule has 0 saturated carbocycles. The van der Waals surface area contributed by atoms with Crippen molar-refractivity contribution in [2.45, 2.75) is 31.7 Å². The third-order valence-electron chi connectivity index (χ3n) is 7.80. The Labute approximate surface area is 226 Å². The van der Waals surface area contributed by atoms with Gasteiger partial charge < -0.3 is 20.5 Å². The summed E-state index contributed by atoms with van der Waals surface area (Å²) < 4.78 is 2.47. The van der Waals surface area contributed by atoms with Crippen molar-refractivity contribution in [1.82, 2.24) is 14.9 Å². The Morgan fingerprint density at radius 3 is 2.70 bits per heavy atom. The van der Waals surface area contributed by atoms with Crippen LogP contribution < -0.4 is 16.0 Å². The number of hydrogen-bond donors (Lipinski definition) is 2. The normalized spacial score (nSPS) is 16.7. The van der Waals surface area contributed by atoms with Crippen LogP contribution in [-0.4, -0.2) is 46.5 Å². The quantitative estimate of drug-likeness (QED) is 0.314. The number of aromatic nitrogens is 2. The monoisotopic (exact) mass is 529 g/mol. The SMILES string of the molecule is NC(=S)c1cccc(-c2cn(C3CCN(c4nccs4)CC3)c3cc(CCC(=O)C4CNC4)ccc23)c1. The number of anilines is 1. The van der Waals surface area contributed by atoms with E-state index < -0.39 is 0 Å². The highest BCUT2D eigenvalue weighted by Gasteiger charge is 2.26. The summed E-state index contributed by atoms with van der Waals surface area (Å²) in [6, 6.07) is 15.3. The first-order valence-corrected chi connectivity index (χ1v) is 14.3. The van der Waals surface area contributed by atoms with Crippen LogP contribution in [0.3, 0.4) is 0 Å². The molecule has 4 aromatic rings.